The van der Waals surface area contributed by atoms with Gasteiger partial charge in [0.15, 0.2) is 23.1 Å². The van der Waals surface area contributed by atoms with Crippen molar-refractivity contribution in [3.05, 3.63) is 66.0 Å². The number of thioether (sulfide) groups is 1. The number of pyridine rings is 2. The Hall–Kier alpha value is -3.22. The largest absolute Gasteiger partial charge is 0.450 e. The number of nitriles is 1. The molecule has 30 heavy (non-hydrogen) atoms. The third kappa shape index (κ3) is 5.89. The molecule has 0 aliphatic heterocycles. The quantitative estimate of drug-likeness (QED) is 0.366. The van der Waals surface area contributed by atoms with E-state index in [1.807, 2.05) is 6.07 Å². The van der Waals surface area contributed by atoms with E-state index < -0.39 is 11.6 Å². The van der Waals surface area contributed by atoms with E-state index >= 15 is 0 Å². The average molecular weight is 428 g/mol. The van der Waals surface area contributed by atoms with Gasteiger partial charge < -0.3 is 14.8 Å². The second kappa shape index (κ2) is 10.5. The summed E-state index contributed by atoms with van der Waals surface area (Å²) in [6, 6.07) is 10.0. The number of nitrogens with zero attached hydrogens (tertiary/aromatic N) is 3. The molecule has 0 aliphatic carbocycles. The molecule has 154 valence electrons. The number of benzene rings is 1. The van der Waals surface area contributed by atoms with Crippen molar-refractivity contribution in [1.82, 2.24) is 9.97 Å². The van der Waals surface area contributed by atoms with Gasteiger partial charge in [-0.3, -0.25) is 0 Å². The molecular weight excluding hydrogens is 410 g/mol. The Balaban J connectivity index is 1.86. The van der Waals surface area contributed by atoms with E-state index in [0.717, 1.165) is 29.2 Å². The Labute approximate surface area is 176 Å². The Morgan fingerprint density at radius 2 is 1.97 bits per heavy atom. The number of hydrogen-bond donors (Lipinski definition) is 1. The maximum Gasteiger partial charge on any atom is 0.175 e. The van der Waals surface area contributed by atoms with Gasteiger partial charge in [-0.2, -0.15) is 5.26 Å². The highest BCUT2D eigenvalue weighted by molar-refractivity contribution is 7.99. The Morgan fingerprint density at radius 1 is 1.10 bits per heavy atom. The third-order valence-corrected chi connectivity index (χ3v) is 4.89. The molecule has 2 aromatic heterocycles. The van der Waals surface area contributed by atoms with E-state index in [1.54, 1.807) is 43.3 Å². The molecule has 0 aliphatic rings. The van der Waals surface area contributed by atoms with Crippen LogP contribution >= 0.6 is 11.8 Å². The standard InChI is InChI=1S/C21H18F2N4O2S/c1-28-7-2-8-30-16-10-19(29-18-5-4-15(22)9-17(18)23)21(26-13-16)27-20-6-3-14(11-24)12-25-20/h3-6,9-10,12-13H,2,7-8H2,1H3,(H,25,26,27). The zero-order chi connectivity index (χ0) is 21.3. The van der Waals surface area contributed by atoms with Crippen molar-refractivity contribution in [2.45, 2.75) is 11.3 Å². The van der Waals surface area contributed by atoms with Gasteiger partial charge in [0.1, 0.15) is 17.7 Å². The first kappa shape index (κ1) is 21.5. The second-order valence-corrected chi connectivity index (χ2v) is 7.23. The predicted octanol–water partition coefficient (Wildman–Crippen LogP) is 5.29. The lowest BCUT2D eigenvalue weighted by Crippen LogP contribution is -2.00. The summed E-state index contributed by atoms with van der Waals surface area (Å²) in [5.74, 6) is 0.155. The predicted molar refractivity (Wildman–Crippen MR) is 110 cm³/mol. The molecule has 1 aromatic carbocycles. The number of nitrogens with one attached hydrogen (secondary N) is 1. The van der Waals surface area contributed by atoms with Crippen LogP contribution in [0.1, 0.15) is 12.0 Å². The lowest BCUT2D eigenvalue weighted by molar-refractivity contribution is 0.200. The van der Waals surface area contributed by atoms with Crippen molar-refractivity contribution in [3.63, 3.8) is 0 Å². The summed E-state index contributed by atoms with van der Waals surface area (Å²) in [4.78, 5) is 9.33. The molecule has 0 radical (unpaired) electrons. The van der Waals surface area contributed by atoms with Crippen molar-refractivity contribution in [3.8, 4) is 17.6 Å². The first-order chi connectivity index (χ1) is 14.6. The molecule has 9 heteroatoms. The van der Waals surface area contributed by atoms with Gasteiger partial charge in [-0.1, -0.05) is 0 Å². The molecule has 0 bridgehead atoms. The summed E-state index contributed by atoms with van der Waals surface area (Å²) >= 11 is 1.56. The van der Waals surface area contributed by atoms with Crippen LogP contribution in [0.5, 0.6) is 11.5 Å². The fourth-order valence-electron chi connectivity index (χ4n) is 2.40. The number of hydrogen-bond acceptors (Lipinski definition) is 7. The van der Waals surface area contributed by atoms with Crippen LogP contribution in [0.25, 0.3) is 0 Å². The minimum Gasteiger partial charge on any atom is -0.450 e. The number of methoxy groups -OCH3 is 1. The first-order valence-electron chi connectivity index (χ1n) is 8.97. The minimum absolute atomic E-state index is 0.129. The van der Waals surface area contributed by atoms with Crippen molar-refractivity contribution < 1.29 is 18.3 Å². The second-order valence-electron chi connectivity index (χ2n) is 6.06. The molecule has 0 atom stereocenters. The van der Waals surface area contributed by atoms with Crippen LogP contribution in [-0.4, -0.2) is 29.4 Å². The molecule has 2 heterocycles. The maximum absolute atomic E-state index is 14.1. The van der Waals surface area contributed by atoms with Crippen LogP contribution in [0.2, 0.25) is 0 Å². The molecule has 1 N–H and O–H groups in total. The highest BCUT2D eigenvalue weighted by Crippen LogP contribution is 2.34. The lowest BCUT2D eigenvalue weighted by Gasteiger charge is -2.14. The molecule has 0 saturated carbocycles. The topological polar surface area (TPSA) is 80.1 Å². The molecule has 0 spiro atoms. The summed E-state index contributed by atoms with van der Waals surface area (Å²) in [6.45, 7) is 0.647. The Bertz CT molecular complexity index is 1040. The van der Waals surface area contributed by atoms with Crippen molar-refractivity contribution in [1.29, 1.82) is 5.26 Å². The fraction of sp³-hybridized carbons (Fsp3) is 0.190. The van der Waals surface area contributed by atoms with E-state index in [1.165, 1.54) is 12.3 Å². The first-order valence-corrected chi connectivity index (χ1v) is 9.95. The zero-order valence-electron chi connectivity index (χ0n) is 16.1. The van der Waals surface area contributed by atoms with E-state index in [-0.39, 0.29) is 11.5 Å². The van der Waals surface area contributed by atoms with Gasteiger partial charge in [-0.15, -0.1) is 11.8 Å². The molecule has 0 saturated heterocycles. The van der Waals surface area contributed by atoms with Crippen LogP contribution in [0.15, 0.2) is 53.7 Å². The highest BCUT2D eigenvalue weighted by Gasteiger charge is 2.13. The number of aromatic nitrogens is 2. The Kier molecular flexibility index (Phi) is 7.54. The summed E-state index contributed by atoms with van der Waals surface area (Å²) in [7, 11) is 1.65. The van der Waals surface area contributed by atoms with Crippen LogP contribution in [-0.2, 0) is 4.74 Å². The van der Waals surface area contributed by atoms with Crippen LogP contribution in [0.4, 0.5) is 20.4 Å². The van der Waals surface area contributed by atoms with Crippen LogP contribution in [0.3, 0.4) is 0 Å². The van der Waals surface area contributed by atoms with Gasteiger partial charge in [0.2, 0.25) is 0 Å². The summed E-state index contributed by atoms with van der Waals surface area (Å²) in [6.07, 6.45) is 3.94. The zero-order valence-corrected chi connectivity index (χ0v) is 16.9. The maximum atomic E-state index is 14.1. The van der Waals surface area contributed by atoms with E-state index in [9.17, 15) is 8.78 Å². The number of ether oxygens (including phenoxy) is 2. The smallest absolute Gasteiger partial charge is 0.175 e. The van der Waals surface area contributed by atoms with E-state index in [2.05, 4.69) is 15.3 Å². The summed E-state index contributed by atoms with van der Waals surface area (Å²) in [5.41, 5.74) is 0.418. The van der Waals surface area contributed by atoms with Gasteiger partial charge in [-0.25, -0.2) is 18.7 Å². The average Bonchev–Trinajstić information content (AvgIpc) is 2.75. The van der Waals surface area contributed by atoms with Gasteiger partial charge in [0.25, 0.3) is 0 Å². The summed E-state index contributed by atoms with van der Waals surface area (Å²) in [5, 5.41) is 11.9. The highest BCUT2D eigenvalue weighted by atomic mass is 32.2. The van der Waals surface area contributed by atoms with Gasteiger partial charge >= 0.3 is 0 Å². The van der Waals surface area contributed by atoms with Gasteiger partial charge in [0, 0.05) is 42.8 Å². The van der Waals surface area contributed by atoms with Crippen molar-refractivity contribution >= 4 is 23.4 Å². The van der Waals surface area contributed by atoms with Crippen LogP contribution in [0, 0.1) is 23.0 Å². The fourth-order valence-corrected chi connectivity index (χ4v) is 3.22. The monoisotopic (exact) mass is 428 g/mol. The lowest BCUT2D eigenvalue weighted by atomic mass is 10.3. The Morgan fingerprint density at radius 3 is 2.67 bits per heavy atom. The molecule has 0 fully saturated rings. The molecule has 3 rings (SSSR count). The van der Waals surface area contributed by atoms with E-state index in [0.29, 0.717) is 23.8 Å². The molecular formula is C21H18F2N4O2S. The van der Waals surface area contributed by atoms with Crippen molar-refractivity contribution in [2.75, 3.05) is 24.8 Å². The SMILES string of the molecule is COCCCSc1cnc(Nc2ccc(C#N)cn2)c(Oc2ccc(F)cc2F)c1. The molecule has 0 unspecified atom stereocenters. The van der Waals surface area contributed by atoms with E-state index in [4.69, 9.17) is 14.7 Å². The molecule has 6 nitrogen and oxygen atoms in total. The number of halogens is 2. The molecule has 3 aromatic rings. The molecule has 0 amide bonds. The van der Waals surface area contributed by atoms with Gasteiger partial charge in [-0.05, 0) is 36.8 Å². The van der Waals surface area contributed by atoms with Crippen LogP contribution < -0.4 is 10.1 Å². The number of anilines is 2. The normalized spacial score (nSPS) is 10.5. The third-order valence-electron chi connectivity index (χ3n) is 3.84. The van der Waals surface area contributed by atoms with Crippen molar-refractivity contribution in [2.24, 2.45) is 0 Å². The number of rotatable bonds is 9. The minimum atomic E-state index is -0.824. The van der Waals surface area contributed by atoms with Gasteiger partial charge in [0.05, 0.1) is 5.56 Å². The summed E-state index contributed by atoms with van der Waals surface area (Å²) < 4.78 is 38.1.